The number of rotatable bonds is 7. The van der Waals surface area contributed by atoms with Gasteiger partial charge in [0.05, 0.1) is 0 Å². The van der Waals surface area contributed by atoms with Crippen LogP contribution < -0.4 is 5.32 Å². The van der Waals surface area contributed by atoms with Crippen molar-refractivity contribution in [3.63, 3.8) is 0 Å². The molecule has 0 heterocycles. The minimum Gasteiger partial charge on any atom is -0.461 e. The number of ether oxygens (including phenoxy) is 1. The Bertz CT molecular complexity index is 536. The molecule has 3 heteroatoms. The van der Waals surface area contributed by atoms with Gasteiger partial charge in [0.1, 0.15) is 12.1 Å². The third-order valence-electron chi connectivity index (χ3n) is 4.25. The summed E-state index contributed by atoms with van der Waals surface area (Å²) in [5.74, 6) is 2.94. The van der Waals surface area contributed by atoms with E-state index in [2.05, 4.69) is 25.1 Å². The molecule has 0 radical (unpaired) electrons. The lowest BCUT2D eigenvalue weighted by molar-refractivity contribution is -0.151. The van der Waals surface area contributed by atoms with Crippen molar-refractivity contribution < 1.29 is 9.53 Å². The van der Waals surface area contributed by atoms with Crippen LogP contribution in [0.5, 0.6) is 0 Å². The van der Waals surface area contributed by atoms with Gasteiger partial charge in [0.25, 0.3) is 0 Å². The summed E-state index contributed by atoms with van der Waals surface area (Å²) in [6, 6.07) is 7.59. The first-order chi connectivity index (χ1) is 11.1. The van der Waals surface area contributed by atoms with E-state index in [0.29, 0.717) is 12.5 Å². The molecule has 1 aromatic rings. The molecule has 124 valence electrons. The predicted molar refractivity (Wildman–Crippen MR) is 92.8 cm³/mol. The number of esters is 1. The second kappa shape index (κ2) is 8.74. The highest BCUT2D eigenvalue weighted by Gasteiger charge is 2.25. The van der Waals surface area contributed by atoms with Crippen LogP contribution in [0.3, 0.4) is 0 Å². The van der Waals surface area contributed by atoms with Crippen molar-refractivity contribution in [2.45, 2.75) is 64.6 Å². The Morgan fingerprint density at radius 3 is 2.52 bits per heavy atom. The molecule has 1 fully saturated rings. The Labute approximate surface area is 139 Å². The smallest absolute Gasteiger partial charge is 0.323 e. The summed E-state index contributed by atoms with van der Waals surface area (Å²) in [4.78, 5) is 12.4. The fourth-order valence-corrected chi connectivity index (χ4v) is 2.95. The number of carbonyl (C=O) groups excluding carboxylic acids is 1. The average molecular weight is 313 g/mol. The Kier molecular flexibility index (Phi) is 6.67. The van der Waals surface area contributed by atoms with Crippen LogP contribution in [0, 0.1) is 18.3 Å². The van der Waals surface area contributed by atoms with E-state index >= 15 is 0 Å². The first-order valence-corrected chi connectivity index (χ1v) is 8.58. The summed E-state index contributed by atoms with van der Waals surface area (Å²) in [5.41, 5.74) is 1.99. The van der Waals surface area contributed by atoms with E-state index in [4.69, 9.17) is 11.2 Å². The Hall–Kier alpha value is -1.79. The highest BCUT2D eigenvalue weighted by molar-refractivity contribution is 5.76. The van der Waals surface area contributed by atoms with Crippen molar-refractivity contribution in [2.24, 2.45) is 5.92 Å². The Balaban J connectivity index is 1.91. The van der Waals surface area contributed by atoms with Crippen molar-refractivity contribution in [2.75, 3.05) is 0 Å². The molecule has 0 saturated heterocycles. The third kappa shape index (κ3) is 5.73. The van der Waals surface area contributed by atoms with Gasteiger partial charge in [-0.25, -0.2) is 0 Å². The van der Waals surface area contributed by atoms with E-state index in [1.165, 1.54) is 12.8 Å². The fourth-order valence-electron chi connectivity index (χ4n) is 2.95. The van der Waals surface area contributed by atoms with Gasteiger partial charge in [-0.3, -0.25) is 4.79 Å². The monoisotopic (exact) mass is 313 g/mol. The van der Waals surface area contributed by atoms with Crippen molar-refractivity contribution in [1.29, 1.82) is 0 Å². The van der Waals surface area contributed by atoms with Crippen molar-refractivity contribution in [3.8, 4) is 12.3 Å². The number of nitrogens with one attached hydrogen (secondary N) is 1. The van der Waals surface area contributed by atoms with Gasteiger partial charge in [0.2, 0.25) is 0 Å². The zero-order chi connectivity index (χ0) is 16.7. The van der Waals surface area contributed by atoms with Crippen molar-refractivity contribution in [3.05, 3.63) is 35.4 Å². The van der Waals surface area contributed by atoms with E-state index in [-0.39, 0.29) is 18.1 Å². The Morgan fingerprint density at radius 2 is 1.96 bits per heavy atom. The largest absolute Gasteiger partial charge is 0.461 e. The molecule has 0 amide bonds. The summed E-state index contributed by atoms with van der Waals surface area (Å²) >= 11 is 0. The summed E-state index contributed by atoms with van der Waals surface area (Å²) in [6.45, 7) is 4.89. The van der Waals surface area contributed by atoms with Crippen molar-refractivity contribution >= 4 is 5.97 Å². The van der Waals surface area contributed by atoms with E-state index in [9.17, 15) is 4.79 Å². The summed E-state index contributed by atoms with van der Waals surface area (Å²) in [5, 5.41) is 3.35. The molecule has 0 aromatic heterocycles. The van der Waals surface area contributed by atoms with Crippen LogP contribution in [0.1, 0.15) is 57.1 Å². The van der Waals surface area contributed by atoms with Gasteiger partial charge in [0.15, 0.2) is 0 Å². The number of terminal acetylenes is 1. The fraction of sp³-hybridized carbons (Fsp3) is 0.550. The van der Waals surface area contributed by atoms with E-state index in [1.807, 2.05) is 24.3 Å². The number of hydrogen-bond donors (Lipinski definition) is 1. The molecule has 3 nitrogen and oxygen atoms in total. The SMILES string of the molecule is C#Cc1ccc(CNC(CC(C)C)C(=O)OC2CCCC2)cc1. The second-order valence-electron chi connectivity index (χ2n) is 6.75. The number of benzene rings is 1. The minimum absolute atomic E-state index is 0.106. The molecule has 23 heavy (non-hydrogen) atoms. The molecule has 1 N–H and O–H groups in total. The van der Waals surface area contributed by atoms with E-state index in [1.54, 1.807) is 0 Å². The van der Waals surface area contributed by atoms with Crippen LogP contribution in [-0.2, 0) is 16.1 Å². The van der Waals surface area contributed by atoms with Crippen LogP contribution in [0.4, 0.5) is 0 Å². The summed E-state index contributed by atoms with van der Waals surface area (Å²) in [7, 11) is 0. The molecule has 1 aliphatic carbocycles. The molecule has 1 atom stereocenters. The predicted octanol–water partition coefficient (Wildman–Crippen LogP) is 3.66. The second-order valence-corrected chi connectivity index (χ2v) is 6.75. The van der Waals surface area contributed by atoms with Gasteiger partial charge in [-0.1, -0.05) is 31.9 Å². The van der Waals surface area contributed by atoms with Gasteiger partial charge < -0.3 is 10.1 Å². The van der Waals surface area contributed by atoms with Gasteiger partial charge in [-0.05, 0) is 55.7 Å². The topological polar surface area (TPSA) is 38.3 Å². The Morgan fingerprint density at radius 1 is 1.30 bits per heavy atom. The lowest BCUT2D eigenvalue weighted by atomic mass is 10.0. The zero-order valence-electron chi connectivity index (χ0n) is 14.2. The van der Waals surface area contributed by atoms with Crippen LogP contribution in [-0.4, -0.2) is 18.1 Å². The quantitative estimate of drug-likeness (QED) is 0.617. The van der Waals surface area contributed by atoms with E-state index < -0.39 is 0 Å². The summed E-state index contributed by atoms with van der Waals surface area (Å²) in [6.07, 6.45) is 10.6. The molecule has 1 unspecified atom stereocenters. The normalized spacial score (nSPS) is 16.3. The standard InChI is InChI=1S/C20H27NO2/c1-4-16-9-11-17(12-10-16)14-21-19(13-15(2)3)20(22)23-18-7-5-6-8-18/h1,9-12,15,18-19,21H,5-8,13-14H2,2-3H3. The van der Waals surface area contributed by atoms with Crippen LogP contribution in [0.15, 0.2) is 24.3 Å². The van der Waals surface area contributed by atoms with Crippen LogP contribution >= 0.6 is 0 Å². The first-order valence-electron chi connectivity index (χ1n) is 8.58. The third-order valence-corrected chi connectivity index (χ3v) is 4.25. The number of carbonyl (C=O) groups is 1. The first kappa shape index (κ1) is 17.6. The van der Waals surface area contributed by atoms with Gasteiger partial charge in [0, 0.05) is 12.1 Å². The molecule has 1 aliphatic rings. The molecule has 1 saturated carbocycles. The molecule has 0 aliphatic heterocycles. The summed E-state index contributed by atoms with van der Waals surface area (Å²) < 4.78 is 5.67. The highest BCUT2D eigenvalue weighted by atomic mass is 16.5. The van der Waals surface area contributed by atoms with Gasteiger partial charge in [-0.2, -0.15) is 0 Å². The van der Waals surface area contributed by atoms with Gasteiger partial charge >= 0.3 is 5.97 Å². The maximum absolute atomic E-state index is 12.4. The maximum Gasteiger partial charge on any atom is 0.323 e. The lowest BCUT2D eigenvalue weighted by Crippen LogP contribution is -2.40. The van der Waals surface area contributed by atoms with Crippen LogP contribution in [0.25, 0.3) is 0 Å². The van der Waals surface area contributed by atoms with E-state index in [0.717, 1.165) is 30.4 Å². The average Bonchev–Trinajstić information content (AvgIpc) is 3.04. The molecule has 1 aromatic carbocycles. The lowest BCUT2D eigenvalue weighted by Gasteiger charge is -2.21. The molecule has 2 rings (SSSR count). The zero-order valence-corrected chi connectivity index (χ0v) is 14.2. The molecule has 0 spiro atoms. The molecule has 0 bridgehead atoms. The molecular weight excluding hydrogens is 286 g/mol. The minimum atomic E-state index is -0.247. The highest BCUT2D eigenvalue weighted by Crippen LogP contribution is 2.22. The van der Waals surface area contributed by atoms with Gasteiger partial charge in [-0.15, -0.1) is 6.42 Å². The van der Waals surface area contributed by atoms with Crippen molar-refractivity contribution in [1.82, 2.24) is 5.32 Å². The van der Waals surface area contributed by atoms with Crippen LogP contribution in [0.2, 0.25) is 0 Å². The maximum atomic E-state index is 12.4. The molecular formula is C20H27NO2. The number of hydrogen-bond acceptors (Lipinski definition) is 3.